The van der Waals surface area contributed by atoms with E-state index < -0.39 is 0 Å². The van der Waals surface area contributed by atoms with Gasteiger partial charge in [-0.25, -0.2) is 0 Å². The van der Waals surface area contributed by atoms with Gasteiger partial charge < -0.3 is 4.74 Å². The lowest BCUT2D eigenvalue weighted by Gasteiger charge is -2.31. The maximum atomic E-state index is 11.0. The van der Waals surface area contributed by atoms with E-state index in [4.69, 9.17) is 16.3 Å². The summed E-state index contributed by atoms with van der Waals surface area (Å²) >= 11 is 5.43. The molecule has 4 heteroatoms. The zero-order valence-electron chi connectivity index (χ0n) is 8.46. The Labute approximate surface area is 88.8 Å². The van der Waals surface area contributed by atoms with E-state index in [-0.39, 0.29) is 23.2 Å². The first kappa shape index (κ1) is 11.5. The largest absolute Gasteiger partial charge is 0.462 e. The van der Waals surface area contributed by atoms with E-state index >= 15 is 0 Å². The van der Waals surface area contributed by atoms with Gasteiger partial charge in [0, 0.05) is 12.8 Å². The Morgan fingerprint density at radius 1 is 1.36 bits per heavy atom. The fourth-order valence-electron chi connectivity index (χ4n) is 1.86. The number of hydrogen-bond donors (Lipinski definition) is 0. The molecule has 1 fully saturated rings. The number of carbonyl (C=O) groups is 2. The monoisotopic (exact) mass is 218 g/mol. The Morgan fingerprint density at radius 2 is 2.00 bits per heavy atom. The van der Waals surface area contributed by atoms with Crippen LogP contribution in [0.1, 0.15) is 33.1 Å². The molecule has 1 rings (SSSR count). The van der Waals surface area contributed by atoms with Gasteiger partial charge in [-0.05, 0) is 36.8 Å². The lowest BCUT2D eigenvalue weighted by molar-refractivity contribution is -0.152. The van der Waals surface area contributed by atoms with Gasteiger partial charge in [-0.2, -0.15) is 0 Å². The Hall–Kier alpha value is -0.570. The molecule has 1 aliphatic rings. The van der Waals surface area contributed by atoms with Gasteiger partial charge in [0.15, 0.2) is 0 Å². The molecule has 1 saturated carbocycles. The fourth-order valence-corrected chi connectivity index (χ4v) is 2.06. The van der Waals surface area contributed by atoms with Crippen molar-refractivity contribution in [1.29, 1.82) is 0 Å². The van der Waals surface area contributed by atoms with Gasteiger partial charge in [0.05, 0.1) is 0 Å². The van der Waals surface area contributed by atoms with E-state index in [2.05, 4.69) is 0 Å². The quantitative estimate of drug-likeness (QED) is 0.527. The number of rotatable bonds is 2. The molecule has 3 atom stereocenters. The topological polar surface area (TPSA) is 43.4 Å². The molecule has 0 saturated heterocycles. The Morgan fingerprint density at radius 3 is 2.50 bits per heavy atom. The van der Waals surface area contributed by atoms with Gasteiger partial charge in [-0.15, -0.1) is 0 Å². The Balaban J connectivity index is 2.55. The number of halogens is 1. The third kappa shape index (κ3) is 2.98. The van der Waals surface area contributed by atoms with Crippen LogP contribution >= 0.6 is 11.6 Å². The summed E-state index contributed by atoms with van der Waals surface area (Å²) in [6.07, 6.45) is 2.12. The molecule has 2 unspecified atom stereocenters. The molecule has 0 N–H and O–H groups in total. The third-order valence-corrected chi connectivity index (χ3v) is 3.07. The van der Waals surface area contributed by atoms with Gasteiger partial charge in [-0.1, -0.05) is 6.92 Å². The number of ether oxygens (including phenoxy) is 1. The third-order valence-electron chi connectivity index (χ3n) is 2.76. The molecular weight excluding hydrogens is 204 g/mol. The van der Waals surface area contributed by atoms with Crippen molar-refractivity contribution in [3.63, 3.8) is 0 Å². The van der Waals surface area contributed by atoms with E-state index in [0.717, 1.165) is 12.8 Å². The predicted molar refractivity (Wildman–Crippen MR) is 52.9 cm³/mol. The molecule has 80 valence electrons. The molecule has 0 heterocycles. The standard InChI is InChI=1S/C10H15ClO3/c1-6-3-4-8(10(11)13)5-9(6)14-7(2)12/h6,8-9H,3-5H2,1-2H3/t6-,8?,9?/m1/s1. The summed E-state index contributed by atoms with van der Waals surface area (Å²) in [5.74, 6) is -0.104. The normalized spacial score (nSPS) is 32.4. The van der Waals surface area contributed by atoms with Crippen molar-refractivity contribution < 1.29 is 14.3 Å². The highest BCUT2D eigenvalue weighted by atomic mass is 35.5. The van der Waals surface area contributed by atoms with Gasteiger partial charge in [0.1, 0.15) is 6.10 Å². The van der Waals surface area contributed by atoms with Crippen LogP contribution in [0.25, 0.3) is 0 Å². The minimum absolute atomic E-state index is 0.141. The second-order valence-corrected chi connectivity index (χ2v) is 4.31. The lowest BCUT2D eigenvalue weighted by atomic mass is 9.81. The molecule has 0 radical (unpaired) electrons. The first-order chi connectivity index (χ1) is 6.50. The second kappa shape index (κ2) is 4.78. The molecule has 0 aromatic carbocycles. The second-order valence-electron chi connectivity index (χ2n) is 3.94. The van der Waals surface area contributed by atoms with Crippen LogP contribution in [-0.4, -0.2) is 17.3 Å². The van der Waals surface area contributed by atoms with Crippen LogP contribution in [0.4, 0.5) is 0 Å². The molecule has 0 aliphatic heterocycles. The number of esters is 1. The van der Waals surface area contributed by atoms with Crippen LogP contribution in [0.2, 0.25) is 0 Å². The summed E-state index contributed by atoms with van der Waals surface area (Å²) in [5, 5.41) is -0.311. The number of hydrogen-bond acceptors (Lipinski definition) is 3. The molecular formula is C10H15ClO3. The smallest absolute Gasteiger partial charge is 0.302 e. The van der Waals surface area contributed by atoms with Crippen molar-refractivity contribution in [2.45, 2.75) is 39.2 Å². The average molecular weight is 219 g/mol. The summed E-state index contributed by atoms with van der Waals surface area (Å²) in [6.45, 7) is 3.42. The first-order valence-electron chi connectivity index (χ1n) is 4.87. The van der Waals surface area contributed by atoms with Crippen molar-refractivity contribution in [2.24, 2.45) is 11.8 Å². The van der Waals surface area contributed by atoms with E-state index in [0.29, 0.717) is 12.3 Å². The van der Waals surface area contributed by atoms with Crippen molar-refractivity contribution in [3.8, 4) is 0 Å². The van der Waals surface area contributed by atoms with Crippen LogP contribution in [0.5, 0.6) is 0 Å². The molecule has 0 spiro atoms. The molecule has 0 aromatic rings. The highest BCUT2D eigenvalue weighted by Crippen LogP contribution is 2.32. The van der Waals surface area contributed by atoms with Gasteiger partial charge in [0.2, 0.25) is 5.24 Å². The van der Waals surface area contributed by atoms with Gasteiger partial charge >= 0.3 is 5.97 Å². The highest BCUT2D eigenvalue weighted by Gasteiger charge is 2.32. The van der Waals surface area contributed by atoms with Crippen molar-refractivity contribution >= 4 is 22.8 Å². The average Bonchev–Trinajstić information content (AvgIpc) is 2.07. The summed E-state index contributed by atoms with van der Waals surface area (Å²) in [7, 11) is 0. The van der Waals surface area contributed by atoms with Crippen LogP contribution in [0, 0.1) is 11.8 Å². The van der Waals surface area contributed by atoms with E-state index in [9.17, 15) is 9.59 Å². The van der Waals surface area contributed by atoms with Crippen molar-refractivity contribution in [2.75, 3.05) is 0 Å². The summed E-state index contributed by atoms with van der Waals surface area (Å²) in [6, 6.07) is 0. The highest BCUT2D eigenvalue weighted by molar-refractivity contribution is 6.63. The van der Waals surface area contributed by atoms with Crippen LogP contribution in [-0.2, 0) is 14.3 Å². The van der Waals surface area contributed by atoms with E-state index in [1.54, 1.807) is 0 Å². The summed E-state index contributed by atoms with van der Waals surface area (Å²) in [4.78, 5) is 21.8. The minimum Gasteiger partial charge on any atom is -0.462 e. The summed E-state index contributed by atoms with van der Waals surface area (Å²) in [5.41, 5.74) is 0. The zero-order chi connectivity index (χ0) is 10.7. The molecule has 0 amide bonds. The summed E-state index contributed by atoms with van der Waals surface area (Å²) < 4.78 is 5.13. The first-order valence-corrected chi connectivity index (χ1v) is 5.25. The van der Waals surface area contributed by atoms with Crippen LogP contribution in [0.3, 0.4) is 0 Å². The molecule has 0 bridgehead atoms. The Kier molecular flexibility index (Phi) is 3.93. The molecule has 3 nitrogen and oxygen atoms in total. The van der Waals surface area contributed by atoms with Gasteiger partial charge in [-0.3, -0.25) is 9.59 Å². The zero-order valence-corrected chi connectivity index (χ0v) is 9.21. The molecule has 14 heavy (non-hydrogen) atoms. The van der Waals surface area contributed by atoms with Crippen molar-refractivity contribution in [3.05, 3.63) is 0 Å². The maximum absolute atomic E-state index is 11.0. The lowest BCUT2D eigenvalue weighted by Crippen LogP contribution is -2.33. The van der Waals surface area contributed by atoms with E-state index in [1.165, 1.54) is 6.92 Å². The Bertz CT molecular complexity index is 240. The number of carbonyl (C=O) groups excluding carboxylic acids is 2. The van der Waals surface area contributed by atoms with Gasteiger partial charge in [0.25, 0.3) is 0 Å². The van der Waals surface area contributed by atoms with Crippen molar-refractivity contribution in [1.82, 2.24) is 0 Å². The minimum atomic E-state index is -0.311. The maximum Gasteiger partial charge on any atom is 0.302 e. The van der Waals surface area contributed by atoms with Crippen LogP contribution in [0.15, 0.2) is 0 Å². The molecule has 1 aliphatic carbocycles. The van der Waals surface area contributed by atoms with Crippen LogP contribution < -0.4 is 0 Å². The van der Waals surface area contributed by atoms with E-state index in [1.807, 2.05) is 6.92 Å². The SMILES string of the molecule is CC(=O)OC1CC(C(=O)Cl)CC[C@H]1C. The fraction of sp³-hybridized carbons (Fsp3) is 0.800. The molecule has 0 aromatic heterocycles. The predicted octanol–water partition coefficient (Wildman–Crippen LogP) is 2.12.